The fourth-order valence-corrected chi connectivity index (χ4v) is 5.05. The molecular formula is C22H22N4O4. The van der Waals surface area contributed by atoms with E-state index in [4.69, 9.17) is 0 Å². The van der Waals surface area contributed by atoms with Gasteiger partial charge in [-0.1, -0.05) is 24.3 Å². The van der Waals surface area contributed by atoms with E-state index in [1.807, 2.05) is 12.1 Å². The van der Waals surface area contributed by atoms with Gasteiger partial charge in [-0.15, -0.1) is 0 Å². The lowest BCUT2D eigenvalue weighted by atomic mass is 9.64. The van der Waals surface area contributed by atoms with Gasteiger partial charge in [-0.2, -0.15) is 0 Å². The fourth-order valence-electron chi connectivity index (χ4n) is 5.05. The first-order chi connectivity index (χ1) is 14.5. The van der Waals surface area contributed by atoms with E-state index in [0.29, 0.717) is 41.7 Å². The number of hydrogen-bond donors (Lipinski definition) is 1. The summed E-state index contributed by atoms with van der Waals surface area (Å²) in [6, 6.07) is 14.0. The molecule has 2 aliphatic rings. The van der Waals surface area contributed by atoms with Crippen LogP contribution in [0.5, 0.6) is 0 Å². The van der Waals surface area contributed by atoms with Gasteiger partial charge in [0.1, 0.15) is 0 Å². The topological polar surface area (TPSA) is 101 Å². The number of likely N-dealkylation sites (tertiary alicyclic amines) is 1. The lowest BCUT2D eigenvalue weighted by Gasteiger charge is -2.40. The highest BCUT2D eigenvalue weighted by molar-refractivity contribution is 5.76. The maximum absolute atomic E-state index is 12.7. The molecule has 0 spiro atoms. The molecule has 1 aliphatic heterocycles. The van der Waals surface area contributed by atoms with Gasteiger partial charge in [0, 0.05) is 38.3 Å². The first-order valence-electron chi connectivity index (χ1n) is 10.2. The molecule has 3 unspecified atom stereocenters. The molecule has 8 heteroatoms. The Kier molecular flexibility index (Phi) is 4.51. The second kappa shape index (κ2) is 7.21. The van der Waals surface area contributed by atoms with Crippen molar-refractivity contribution in [2.45, 2.75) is 18.9 Å². The maximum Gasteiger partial charge on any atom is 0.328 e. The second-order valence-electron chi connectivity index (χ2n) is 8.31. The Balaban J connectivity index is 1.26. The minimum atomic E-state index is -0.374. The summed E-state index contributed by atoms with van der Waals surface area (Å²) in [7, 11) is 0. The summed E-state index contributed by atoms with van der Waals surface area (Å²) < 4.78 is 1.29. The molecule has 3 aromatic rings. The van der Waals surface area contributed by atoms with Crippen LogP contribution in [0.25, 0.3) is 10.9 Å². The summed E-state index contributed by atoms with van der Waals surface area (Å²) in [6.07, 6.45) is 1.08. The number of non-ortho nitro benzene ring substituents is 1. The number of nitrogens with zero attached hydrogens (tertiary/aromatic N) is 3. The molecule has 1 N–H and O–H groups in total. The van der Waals surface area contributed by atoms with Crippen molar-refractivity contribution in [2.75, 3.05) is 19.6 Å². The van der Waals surface area contributed by atoms with Crippen molar-refractivity contribution in [1.29, 1.82) is 0 Å². The third-order valence-corrected chi connectivity index (χ3v) is 6.70. The standard InChI is InChI=1S/C22H22N4O4/c27-21-17-3-1-2-4-20(17)23-22(28)25(21)10-9-24-12-15-11-18(19(15)13-24)14-5-7-16(8-6-14)26(29)30/h1-8,15,18-19H,9-13H2,(H,23,28). The van der Waals surface area contributed by atoms with Gasteiger partial charge >= 0.3 is 5.69 Å². The number of benzene rings is 2. The molecule has 1 aliphatic carbocycles. The highest BCUT2D eigenvalue weighted by atomic mass is 16.6. The van der Waals surface area contributed by atoms with E-state index in [2.05, 4.69) is 9.88 Å². The molecule has 30 heavy (non-hydrogen) atoms. The number of aromatic nitrogens is 2. The Morgan fingerprint density at radius 1 is 1.03 bits per heavy atom. The van der Waals surface area contributed by atoms with Crippen LogP contribution in [-0.2, 0) is 6.54 Å². The third kappa shape index (κ3) is 3.13. The van der Waals surface area contributed by atoms with Crippen LogP contribution in [0, 0.1) is 22.0 Å². The van der Waals surface area contributed by atoms with Gasteiger partial charge in [0.15, 0.2) is 0 Å². The Labute approximate surface area is 171 Å². The average Bonchev–Trinajstić information content (AvgIpc) is 3.04. The van der Waals surface area contributed by atoms with Gasteiger partial charge in [-0.25, -0.2) is 4.79 Å². The predicted octanol–water partition coefficient (Wildman–Crippen LogP) is 2.33. The monoisotopic (exact) mass is 406 g/mol. The van der Waals surface area contributed by atoms with Crippen LogP contribution in [0.1, 0.15) is 17.9 Å². The first-order valence-corrected chi connectivity index (χ1v) is 10.2. The van der Waals surface area contributed by atoms with Crippen LogP contribution in [0.2, 0.25) is 0 Å². The summed E-state index contributed by atoms with van der Waals surface area (Å²) in [4.78, 5) is 40.6. The summed E-state index contributed by atoms with van der Waals surface area (Å²) in [6.45, 7) is 2.91. The van der Waals surface area contributed by atoms with Crippen molar-refractivity contribution in [3.8, 4) is 0 Å². The molecule has 2 fully saturated rings. The SMILES string of the molecule is O=c1[nH]c2ccccc2c(=O)n1CCN1CC2CC(c3ccc([N+](=O)[O-])cc3)C2C1. The second-order valence-corrected chi connectivity index (χ2v) is 8.31. The van der Waals surface area contributed by atoms with Crippen molar-refractivity contribution in [3.05, 3.63) is 85.0 Å². The number of nitro benzene ring substituents is 1. The van der Waals surface area contributed by atoms with Gasteiger partial charge in [0.05, 0.1) is 15.8 Å². The lowest BCUT2D eigenvalue weighted by molar-refractivity contribution is -0.384. The average molecular weight is 406 g/mol. The number of nitro groups is 1. The Morgan fingerprint density at radius 3 is 2.57 bits per heavy atom. The van der Waals surface area contributed by atoms with E-state index < -0.39 is 0 Å². The largest absolute Gasteiger partial charge is 0.328 e. The molecule has 0 radical (unpaired) electrons. The van der Waals surface area contributed by atoms with E-state index >= 15 is 0 Å². The Bertz CT molecular complexity index is 1230. The molecule has 8 nitrogen and oxygen atoms in total. The minimum Gasteiger partial charge on any atom is -0.307 e. The molecule has 0 amide bonds. The summed E-state index contributed by atoms with van der Waals surface area (Å²) in [5, 5.41) is 11.4. The molecule has 5 rings (SSSR count). The van der Waals surface area contributed by atoms with E-state index in [9.17, 15) is 19.7 Å². The summed E-state index contributed by atoms with van der Waals surface area (Å²) in [5.74, 6) is 1.56. The van der Waals surface area contributed by atoms with Gasteiger partial charge in [-0.3, -0.25) is 19.5 Å². The van der Waals surface area contributed by atoms with Crippen LogP contribution >= 0.6 is 0 Å². The van der Waals surface area contributed by atoms with Crippen molar-refractivity contribution < 1.29 is 4.92 Å². The molecule has 0 bridgehead atoms. The smallest absolute Gasteiger partial charge is 0.307 e. The first kappa shape index (κ1) is 18.7. The van der Waals surface area contributed by atoms with E-state index in [-0.39, 0.29) is 21.9 Å². The van der Waals surface area contributed by atoms with Gasteiger partial charge in [0.2, 0.25) is 0 Å². The van der Waals surface area contributed by atoms with Crippen LogP contribution in [-0.4, -0.2) is 39.0 Å². The molecule has 154 valence electrons. The normalized spacial score (nSPS) is 23.3. The predicted molar refractivity (Wildman–Crippen MR) is 113 cm³/mol. The van der Waals surface area contributed by atoms with Crippen molar-refractivity contribution in [2.24, 2.45) is 11.8 Å². The molecule has 1 saturated heterocycles. The quantitative estimate of drug-likeness (QED) is 0.518. The number of H-pyrrole nitrogens is 1. The summed E-state index contributed by atoms with van der Waals surface area (Å²) in [5.41, 5.74) is 1.22. The van der Waals surface area contributed by atoms with E-state index in [0.717, 1.165) is 25.1 Å². The van der Waals surface area contributed by atoms with Crippen LogP contribution in [0.3, 0.4) is 0 Å². The summed E-state index contributed by atoms with van der Waals surface area (Å²) >= 11 is 0. The third-order valence-electron chi connectivity index (χ3n) is 6.70. The lowest BCUT2D eigenvalue weighted by Crippen LogP contribution is -2.38. The van der Waals surface area contributed by atoms with Gasteiger partial charge < -0.3 is 9.88 Å². The molecule has 2 aromatic carbocycles. The van der Waals surface area contributed by atoms with E-state index in [1.54, 1.807) is 36.4 Å². The Hall–Kier alpha value is -3.26. The number of hydrogen-bond acceptors (Lipinski definition) is 5. The number of fused-ring (bicyclic) bond motifs is 2. The zero-order chi connectivity index (χ0) is 20.8. The molecule has 3 atom stereocenters. The molecule has 1 saturated carbocycles. The highest BCUT2D eigenvalue weighted by Gasteiger charge is 2.47. The van der Waals surface area contributed by atoms with Gasteiger partial charge in [-0.05, 0) is 41.9 Å². The van der Waals surface area contributed by atoms with Crippen molar-refractivity contribution in [1.82, 2.24) is 14.5 Å². The van der Waals surface area contributed by atoms with Crippen LogP contribution < -0.4 is 11.2 Å². The van der Waals surface area contributed by atoms with Crippen molar-refractivity contribution in [3.63, 3.8) is 0 Å². The van der Waals surface area contributed by atoms with Crippen molar-refractivity contribution >= 4 is 16.6 Å². The van der Waals surface area contributed by atoms with Gasteiger partial charge in [0.25, 0.3) is 11.2 Å². The molecule has 1 aromatic heterocycles. The van der Waals surface area contributed by atoms with E-state index in [1.165, 1.54) is 4.57 Å². The minimum absolute atomic E-state index is 0.119. The highest BCUT2D eigenvalue weighted by Crippen LogP contribution is 2.51. The maximum atomic E-state index is 12.7. The number of rotatable bonds is 5. The number of para-hydroxylation sites is 1. The number of nitrogens with one attached hydrogen (secondary N) is 1. The Morgan fingerprint density at radius 2 is 1.80 bits per heavy atom. The fraction of sp³-hybridized carbons (Fsp3) is 0.364. The van der Waals surface area contributed by atoms with Crippen LogP contribution in [0.15, 0.2) is 58.1 Å². The molecular weight excluding hydrogens is 384 g/mol. The van der Waals surface area contributed by atoms with Crippen LogP contribution in [0.4, 0.5) is 5.69 Å². The zero-order valence-corrected chi connectivity index (χ0v) is 16.4. The zero-order valence-electron chi connectivity index (χ0n) is 16.4. The number of aromatic amines is 1. The molecule has 2 heterocycles.